The topological polar surface area (TPSA) is 62.5 Å². The molecule has 166 valence electrons. The number of rotatable bonds is 6. The van der Waals surface area contributed by atoms with Gasteiger partial charge in [0.25, 0.3) is 0 Å². The minimum Gasteiger partial charge on any atom is -0.342 e. The summed E-state index contributed by atoms with van der Waals surface area (Å²) in [5.74, 6) is 2.08. The Morgan fingerprint density at radius 1 is 1.27 bits per heavy atom. The zero-order valence-electron chi connectivity index (χ0n) is 18.7. The van der Waals surface area contributed by atoms with Crippen LogP contribution in [0.4, 0.5) is 5.95 Å². The van der Waals surface area contributed by atoms with Crippen LogP contribution in [0.5, 0.6) is 0 Å². The highest BCUT2D eigenvalue weighted by Gasteiger charge is 2.46. The summed E-state index contributed by atoms with van der Waals surface area (Å²) in [7, 11) is -1.01. The normalized spacial score (nSPS) is 22.8. The van der Waals surface area contributed by atoms with E-state index in [9.17, 15) is 4.21 Å². The maximum absolute atomic E-state index is 12.7. The van der Waals surface area contributed by atoms with Crippen LogP contribution in [0.25, 0.3) is 5.65 Å². The summed E-state index contributed by atoms with van der Waals surface area (Å²) >= 11 is 1.83. The number of piperidine rings is 1. The van der Waals surface area contributed by atoms with Crippen molar-refractivity contribution in [2.45, 2.75) is 81.9 Å². The second-order valence-corrected chi connectivity index (χ2v) is 12.8. The second-order valence-electron chi connectivity index (χ2n) is 9.68. The van der Waals surface area contributed by atoms with Crippen molar-refractivity contribution < 1.29 is 4.21 Å². The third-order valence-corrected chi connectivity index (χ3v) is 9.41. The van der Waals surface area contributed by atoms with Gasteiger partial charge < -0.3 is 4.90 Å². The Labute approximate surface area is 187 Å². The Morgan fingerprint density at radius 3 is 2.73 bits per heavy atom. The van der Waals surface area contributed by atoms with E-state index in [0.29, 0.717) is 6.04 Å². The van der Waals surface area contributed by atoms with E-state index in [4.69, 9.17) is 4.98 Å². The summed E-state index contributed by atoms with van der Waals surface area (Å²) in [5.41, 5.74) is 1.28. The molecule has 4 rings (SSSR count). The predicted molar refractivity (Wildman–Crippen MR) is 127 cm³/mol. The number of fused-ring (bicyclic) bond motifs is 1. The fourth-order valence-electron chi connectivity index (χ4n) is 4.81. The van der Waals surface area contributed by atoms with Crippen LogP contribution in [0.3, 0.4) is 0 Å². The highest BCUT2D eigenvalue weighted by atomic mass is 32.2. The van der Waals surface area contributed by atoms with Gasteiger partial charge in [-0.05, 0) is 64.0 Å². The Kier molecular flexibility index (Phi) is 6.47. The third-order valence-electron chi connectivity index (χ3n) is 6.59. The maximum atomic E-state index is 12.7. The van der Waals surface area contributed by atoms with Crippen molar-refractivity contribution in [1.29, 1.82) is 0 Å². The number of nitrogens with zero attached hydrogens (tertiary/aromatic N) is 4. The van der Waals surface area contributed by atoms with E-state index in [1.807, 2.05) is 51.1 Å². The summed E-state index contributed by atoms with van der Waals surface area (Å²) in [6.45, 7) is 10.3. The van der Waals surface area contributed by atoms with Crippen LogP contribution < -0.4 is 9.62 Å². The molecule has 6 nitrogen and oxygen atoms in total. The smallest absolute Gasteiger partial charge is 0.211 e. The molecule has 2 aromatic rings. The highest BCUT2D eigenvalue weighted by molar-refractivity contribution is 7.99. The molecule has 30 heavy (non-hydrogen) atoms. The van der Waals surface area contributed by atoms with E-state index in [1.165, 1.54) is 12.8 Å². The van der Waals surface area contributed by atoms with Crippen molar-refractivity contribution >= 4 is 34.3 Å². The molecular weight excluding hydrogens is 414 g/mol. The summed E-state index contributed by atoms with van der Waals surface area (Å²) in [4.78, 5) is 13.0. The zero-order valence-corrected chi connectivity index (χ0v) is 20.3. The van der Waals surface area contributed by atoms with Crippen molar-refractivity contribution in [1.82, 2.24) is 19.1 Å². The summed E-state index contributed by atoms with van der Waals surface area (Å²) in [6, 6.07) is 0.355. The van der Waals surface area contributed by atoms with Gasteiger partial charge in [0.15, 0.2) is 5.65 Å². The molecule has 0 radical (unpaired) electrons. The van der Waals surface area contributed by atoms with Crippen LogP contribution >= 0.6 is 11.8 Å². The third kappa shape index (κ3) is 4.28. The molecule has 1 aliphatic carbocycles. The molecule has 1 N–H and O–H groups in total. The number of imidazole rings is 1. The molecule has 1 saturated carbocycles. The van der Waals surface area contributed by atoms with Gasteiger partial charge in [0.2, 0.25) is 5.95 Å². The van der Waals surface area contributed by atoms with Crippen LogP contribution in [0.15, 0.2) is 23.5 Å². The van der Waals surface area contributed by atoms with Gasteiger partial charge in [-0.3, -0.25) is 4.40 Å². The summed E-state index contributed by atoms with van der Waals surface area (Å²) in [6.07, 6.45) is 12.9. The average molecular weight is 450 g/mol. The van der Waals surface area contributed by atoms with E-state index in [-0.39, 0.29) is 10.2 Å². The monoisotopic (exact) mass is 449 g/mol. The molecule has 0 bridgehead atoms. The van der Waals surface area contributed by atoms with Gasteiger partial charge in [-0.1, -0.05) is 13.3 Å². The first-order valence-corrected chi connectivity index (χ1v) is 13.4. The molecule has 2 atom stereocenters. The lowest BCUT2D eigenvalue weighted by atomic mass is 9.74. The van der Waals surface area contributed by atoms with Crippen molar-refractivity contribution in [2.24, 2.45) is 5.41 Å². The van der Waals surface area contributed by atoms with E-state index in [1.54, 1.807) is 0 Å². The number of hydrogen-bond acceptors (Lipinski definition) is 5. The fourth-order valence-corrected chi connectivity index (χ4v) is 6.62. The lowest BCUT2D eigenvalue weighted by molar-refractivity contribution is 0.187. The van der Waals surface area contributed by atoms with Gasteiger partial charge in [0, 0.05) is 37.7 Å². The number of anilines is 1. The first kappa shape index (κ1) is 22.1. The minimum absolute atomic E-state index is 0.223. The van der Waals surface area contributed by atoms with E-state index < -0.39 is 11.0 Å². The Bertz CT molecular complexity index is 899. The van der Waals surface area contributed by atoms with Crippen molar-refractivity contribution in [3.63, 3.8) is 0 Å². The van der Waals surface area contributed by atoms with Crippen LogP contribution in [0, 0.1) is 5.41 Å². The van der Waals surface area contributed by atoms with E-state index >= 15 is 0 Å². The lowest BCUT2D eigenvalue weighted by Crippen LogP contribution is -2.51. The predicted octanol–water partition coefficient (Wildman–Crippen LogP) is 4.42. The Hall–Kier alpha value is -1.12. The number of thioether (sulfide) groups is 1. The first-order chi connectivity index (χ1) is 14.3. The quantitative estimate of drug-likeness (QED) is 0.662. The molecule has 0 amide bonds. The SMILES string of the molecule is CCCSc1cnc(N2CCC3(CCC[C@H]3N[S@](=O)C(C)(C)C)CC2)n2ccnc12. The fraction of sp³-hybridized carbons (Fsp3) is 0.727. The molecular formula is C22H35N5OS2. The Balaban J connectivity index is 1.48. The molecule has 1 saturated heterocycles. The largest absolute Gasteiger partial charge is 0.342 e. The lowest BCUT2D eigenvalue weighted by Gasteiger charge is -2.44. The summed E-state index contributed by atoms with van der Waals surface area (Å²) < 4.78 is 18.2. The van der Waals surface area contributed by atoms with E-state index in [2.05, 4.69) is 25.9 Å². The number of aromatic nitrogens is 3. The van der Waals surface area contributed by atoms with Gasteiger partial charge in [0.1, 0.15) is 0 Å². The molecule has 8 heteroatoms. The number of hydrogen-bond donors (Lipinski definition) is 1. The molecule has 0 aromatic carbocycles. The molecule has 1 aliphatic heterocycles. The van der Waals surface area contributed by atoms with Crippen LogP contribution in [0.1, 0.15) is 66.2 Å². The van der Waals surface area contributed by atoms with Crippen LogP contribution in [-0.2, 0) is 11.0 Å². The molecule has 3 heterocycles. The molecule has 2 fully saturated rings. The Morgan fingerprint density at radius 2 is 2.03 bits per heavy atom. The second kappa shape index (κ2) is 8.79. The van der Waals surface area contributed by atoms with Crippen LogP contribution in [0.2, 0.25) is 0 Å². The zero-order chi connectivity index (χ0) is 21.4. The maximum Gasteiger partial charge on any atom is 0.211 e. The molecule has 2 aliphatic rings. The molecule has 1 spiro atoms. The molecule has 0 unspecified atom stereocenters. The number of nitrogens with one attached hydrogen (secondary N) is 1. The van der Waals surface area contributed by atoms with Gasteiger partial charge in [-0.2, -0.15) is 0 Å². The van der Waals surface area contributed by atoms with Crippen LogP contribution in [-0.4, -0.2) is 48.2 Å². The summed E-state index contributed by atoms with van der Waals surface area (Å²) in [5, 5.41) is 0. The van der Waals surface area contributed by atoms with Gasteiger partial charge in [-0.25, -0.2) is 18.9 Å². The van der Waals surface area contributed by atoms with Crippen molar-refractivity contribution in [2.75, 3.05) is 23.7 Å². The van der Waals surface area contributed by atoms with Gasteiger partial charge >= 0.3 is 0 Å². The highest BCUT2D eigenvalue weighted by Crippen LogP contribution is 2.47. The minimum atomic E-state index is -1.01. The van der Waals surface area contributed by atoms with Crippen molar-refractivity contribution in [3.05, 3.63) is 18.6 Å². The molecule has 2 aromatic heterocycles. The average Bonchev–Trinajstić information content (AvgIpc) is 3.34. The van der Waals surface area contributed by atoms with Gasteiger partial charge in [0.05, 0.1) is 20.6 Å². The standard InChI is InChI=1S/C22H35N5OS2/c1-5-15-29-17-16-24-20(27-14-11-23-19(17)27)26-12-9-22(10-13-26)8-6-7-18(22)25-30(28)21(2,3)4/h11,14,16,18,25H,5-10,12-13,15H2,1-4H3/t18-,30-/m1/s1. The van der Waals surface area contributed by atoms with Gasteiger partial charge in [-0.15, -0.1) is 11.8 Å². The first-order valence-electron chi connectivity index (χ1n) is 11.2. The van der Waals surface area contributed by atoms with Crippen molar-refractivity contribution in [3.8, 4) is 0 Å². The van der Waals surface area contributed by atoms with E-state index in [0.717, 1.165) is 61.0 Å².